The minimum atomic E-state index is -0.609. The van der Waals surface area contributed by atoms with Crippen LogP contribution >= 0.6 is 0 Å². The fourth-order valence-electron chi connectivity index (χ4n) is 4.22. The Labute approximate surface area is 211 Å². The lowest BCUT2D eigenvalue weighted by Crippen LogP contribution is -2.09. The molecule has 6 rings (SSSR count). The van der Waals surface area contributed by atoms with Crippen molar-refractivity contribution in [1.82, 2.24) is 0 Å². The second-order valence-electron chi connectivity index (χ2n) is 8.27. The van der Waals surface area contributed by atoms with Crippen molar-refractivity contribution in [3.05, 3.63) is 108 Å². The molecule has 0 atom stereocenters. The Morgan fingerprint density at radius 1 is 0.946 bits per heavy atom. The Morgan fingerprint density at radius 3 is 2.57 bits per heavy atom. The largest absolute Gasteiger partial charge is 0.494 e. The van der Waals surface area contributed by atoms with E-state index in [1.807, 2.05) is 37.3 Å². The number of hydrogen-bond donors (Lipinski definition) is 0. The van der Waals surface area contributed by atoms with Crippen molar-refractivity contribution < 1.29 is 32.6 Å². The van der Waals surface area contributed by atoms with E-state index >= 15 is 0 Å². The first-order valence-electron chi connectivity index (χ1n) is 11.7. The maximum atomic E-state index is 13.5. The molecular formula is C30H20O7. The van der Waals surface area contributed by atoms with E-state index in [0.29, 0.717) is 46.2 Å². The van der Waals surface area contributed by atoms with Crippen molar-refractivity contribution in [2.75, 3.05) is 6.61 Å². The topological polar surface area (TPSA) is 88.1 Å². The van der Waals surface area contributed by atoms with Crippen LogP contribution in [0.25, 0.3) is 28.4 Å². The van der Waals surface area contributed by atoms with Gasteiger partial charge in [-0.3, -0.25) is 4.79 Å². The fraction of sp³-hybridized carbons (Fsp3) is 0.0667. The number of esters is 1. The number of rotatable bonds is 6. The van der Waals surface area contributed by atoms with Crippen LogP contribution in [-0.2, 0) is 0 Å². The van der Waals surface area contributed by atoms with Crippen LogP contribution in [0.15, 0.2) is 99.7 Å². The van der Waals surface area contributed by atoms with Crippen LogP contribution in [0.4, 0.5) is 0 Å². The zero-order valence-corrected chi connectivity index (χ0v) is 19.7. The number of hydrogen-bond acceptors (Lipinski definition) is 7. The summed E-state index contributed by atoms with van der Waals surface area (Å²) in [5.74, 6) is 1.27. The van der Waals surface area contributed by atoms with E-state index in [0.717, 1.165) is 5.56 Å². The first kappa shape index (κ1) is 22.4. The Bertz CT molecular complexity index is 1660. The highest BCUT2D eigenvalue weighted by Crippen LogP contribution is 2.38. The molecule has 182 valence electrons. The van der Waals surface area contributed by atoms with E-state index in [2.05, 4.69) is 0 Å². The predicted octanol–water partition coefficient (Wildman–Crippen LogP) is 6.93. The average molecular weight is 492 g/mol. The number of carbonyl (C=O) groups is 2. The van der Waals surface area contributed by atoms with Crippen molar-refractivity contribution >= 4 is 28.8 Å². The molecule has 3 heterocycles. The molecule has 1 aliphatic heterocycles. The molecule has 0 spiro atoms. The summed E-state index contributed by atoms with van der Waals surface area (Å²) in [7, 11) is 0. The number of benzene rings is 3. The Morgan fingerprint density at radius 2 is 1.78 bits per heavy atom. The molecule has 0 saturated carbocycles. The average Bonchev–Trinajstić information content (AvgIpc) is 3.63. The molecule has 0 N–H and O–H groups in total. The van der Waals surface area contributed by atoms with Crippen LogP contribution < -0.4 is 14.2 Å². The van der Waals surface area contributed by atoms with Crippen molar-refractivity contribution in [3.63, 3.8) is 0 Å². The third-order valence-corrected chi connectivity index (χ3v) is 5.88. The first-order valence-corrected chi connectivity index (χ1v) is 11.7. The van der Waals surface area contributed by atoms with Crippen LogP contribution in [0.5, 0.6) is 17.2 Å². The summed E-state index contributed by atoms with van der Waals surface area (Å²) in [4.78, 5) is 26.2. The lowest BCUT2D eigenvalue weighted by Gasteiger charge is -2.07. The quantitative estimate of drug-likeness (QED) is 0.144. The molecule has 7 nitrogen and oxygen atoms in total. The minimum absolute atomic E-state index is 0.129. The summed E-state index contributed by atoms with van der Waals surface area (Å²) in [5.41, 5.74) is 1.92. The molecule has 0 amide bonds. The maximum absolute atomic E-state index is 13.5. The summed E-state index contributed by atoms with van der Waals surface area (Å²) < 4.78 is 28.5. The summed E-state index contributed by atoms with van der Waals surface area (Å²) in [5, 5.41) is 0.575. The molecular weight excluding hydrogens is 472 g/mol. The van der Waals surface area contributed by atoms with Gasteiger partial charge in [0.05, 0.1) is 18.4 Å². The van der Waals surface area contributed by atoms with Gasteiger partial charge in [0.15, 0.2) is 5.76 Å². The van der Waals surface area contributed by atoms with Gasteiger partial charge in [0.1, 0.15) is 39.9 Å². The number of fused-ring (bicyclic) bond motifs is 2. The van der Waals surface area contributed by atoms with Crippen molar-refractivity contribution in [1.29, 1.82) is 0 Å². The zero-order valence-electron chi connectivity index (χ0n) is 19.7. The van der Waals surface area contributed by atoms with Gasteiger partial charge in [0, 0.05) is 23.1 Å². The molecule has 3 aromatic carbocycles. The fourth-order valence-corrected chi connectivity index (χ4v) is 4.22. The molecule has 0 fully saturated rings. The number of ether oxygens (including phenoxy) is 3. The number of allylic oxidation sites excluding steroid dienone is 1. The van der Waals surface area contributed by atoms with Crippen LogP contribution in [-0.4, -0.2) is 18.4 Å². The predicted molar refractivity (Wildman–Crippen MR) is 136 cm³/mol. The van der Waals surface area contributed by atoms with Crippen molar-refractivity contribution in [3.8, 4) is 28.6 Å². The molecule has 0 radical (unpaired) electrons. The van der Waals surface area contributed by atoms with Gasteiger partial charge in [-0.15, -0.1) is 0 Å². The smallest absolute Gasteiger partial charge is 0.348 e. The third kappa shape index (κ3) is 4.16. The standard InChI is InChI=1S/C30H20O7/c1-2-33-20-11-13-24-23(15-20)27(29(37-24)18-7-4-3-5-8-18)30(32)35-21-10-12-22-25(17-21)36-26(28(22)31)16-19-9-6-14-34-19/h3-17H,2H2,1H3/b26-16-. The van der Waals surface area contributed by atoms with Gasteiger partial charge in [-0.05, 0) is 49.4 Å². The summed E-state index contributed by atoms with van der Waals surface area (Å²) in [6.45, 7) is 2.37. The third-order valence-electron chi connectivity index (χ3n) is 5.88. The summed E-state index contributed by atoms with van der Waals surface area (Å²) in [6.07, 6.45) is 3.03. The number of carbonyl (C=O) groups excluding carboxylic acids is 2. The highest BCUT2D eigenvalue weighted by Gasteiger charge is 2.29. The molecule has 0 saturated heterocycles. The second kappa shape index (κ2) is 9.20. The summed E-state index contributed by atoms with van der Waals surface area (Å²) in [6, 6.07) is 22.8. The molecule has 0 unspecified atom stereocenters. The first-order chi connectivity index (χ1) is 18.1. The monoisotopic (exact) mass is 492 g/mol. The van der Waals surface area contributed by atoms with E-state index < -0.39 is 5.97 Å². The zero-order chi connectivity index (χ0) is 25.4. The van der Waals surface area contributed by atoms with E-state index in [-0.39, 0.29) is 22.9 Å². The van der Waals surface area contributed by atoms with Gasteiger partial charge in [-0.1, -0.05) is 30.3 Å². The molecule has 7 heteroatoms. The van der Waals surface area contributed by atoms with Crippen molar-refractivity contribution in [2.45, 2.75) is 6.92 Å². The number of Topliss-reactive ketones (excluding diaryl/α,β-unsaturated/α-hetero) is 1. The SMILES string of the molecule is CCOc1ccc2oc(-c3ccccc3)c(C(=O)Oc3ccc4c(c3)O/C(=C\c3ccco3)C4=O)c2c1. The molecule has 1 aliphatic rings. The van der Waals surface area contributed by atoms with Gasteiger partial charge in [-0.2, -0.15) is 0 Å². The van der Waals surface area contributed by atoms with Gasteiger partial charge in [0.25, 0.3) is 0 Å². The molecule has 0 aliphatic carbocycles. The number of ketones is 1. The van der Waals surface area contributed by atoms with E-state index in [1.54, 1.807) is 42.5 Å². The Kier molecular flexibility index (Phi) is 5.58. The lowest BCUT2D eigenvalue weighted by molar-refractivity contribution is 0.0736. The van der Waals surface area contributed by atoms with Crippen molar-refractivity contribution in [2.24, 2.45) is 0 Å². The lowest BCUT2D eigenvalue weighted by atomic mass is 10.1. The highest BCUT2D eigenvalue weighted by atomic mass is 16.5. The Hall–Kier alpha value is -5.04. The minimum Gasteiger partial charge on any atom is -0.494 e. The van der Waals surface area contributed by atoms with Gasteiger partial charge < -0.3 is 23.0 Å². The van der Waals surface area contributed by atoms with Gasteiger partial charge in [0.2, 0.25) is 5.78 Å². The van der Waals surface area contributed by atoms with E-state index in [1.165, 1.54) is 18.4 Å². The molecule has 0 bridgehead atoms. The highest BCUT2D eigenvalue weighted by molar-refractivity contribution is 6.14. The molecule has 37 heavy (non-hydrogen) atoms. The molecule has 5 aromatic rings. The summed E-state index contributed by atoms with van der Waals surface area (Å²) >= 11 is 0. The van der Waals surface area contributed by atoms with Crippen LogP contribution in [0.1, 0.15) is 33.4 Å². The van der Waals surface area contributed by atoms with Crippen LogP contribution in [0.2, 0.25) is 0 Å². The van der Waals surface area contributed by atoms with Gasteiger partial charge in [-0.25, -0.2) is 4.79 Å². The van der Waals surface area contributed by atoms with E-state index in [9.17, 15) is 9.59 Å². The Balaban J connectivity index is 1.35. The maximum Gasteiger partial charge on any atom is 0.348 e. The second-order valence-corrected chi connectivity index (χ2v) is 8.27. The van der Waals surface area contributed by atoms with Gasteiger partial charge >= 0.3 is 5.97 Å². The number of furan rings is 2. The van der Waals surface area contributed by atoms with Crippen LogP contribution in [0.3, 0.4) is 0 Å². The normalized spacial score (nSPS) is 13.5. The molecule has 2 aromatic heterocycles. The van der Waals surface area contributed by atoms with Crippen LogP contribution in [0, 0.1) is 0 Å². The van der Waals surface area contributed by atoms with E-state index in [4.69, 9.17) is 23.0 Å².